The number of aliphatic imine (C=N–C) groups is 1. The zero-order valence-corrected chi connectivity index (χ0v) is 17.1. The van der Waals surface area contributed by atoms with Gasteiger partial charge in [-0.3, -0.25) is 9.89 Å². The van der Waals surface area contributed by atoms with Crippen molar-refractivity contribution < 1.29 is 13.9 Å². The Labute approximate surface area is 163 Å². The van der Waals surface area contributed by atoms with Gasteiger partial charge in [0.15, 0.2) is 5.96 Å². The summed E-state index contributed by atoms with van der Waals surface area (Å²) in [7, 11) is 0. The van der Waals surface area contributed by atoms with Crippen LogP contribution in [0.5, 0.6) is 0 Å². The zero-order valence-electron chi connectivity index (χ0n) is 17.1. The van der Waals surface area contributed by atoms with Crippen molar-refractivity contribution in [3.63, 3.8) is 0 Å². The molecular formula is C20H36N4O3. The topological polar surface area (TPSA) is 71.3 Å². The second-order valence-electron chi connectivity index (χ2n) is 7.28. The van der Waals surface area contributed by atoms with Gasteiger partial charge in [-0.15, -0.1) is 0 Å². The third-order valence-electron chi connectivity index (χ3n) is 4.23. The second kappa shape index (κ2) is 12.8. The molecule has 1 aliphatic rings. The largest absolute Gasteiger partial charge is 0.467 e. The molecule has 1 fully saturated rings. The lowest BCUT2D eigenvalue weighted by Crippen LogP contribution is -2.46. The first-order valence-corrected chi connectivity index (χ1v) is 10.1. The summed E-state index contributed by atoms with van der Waals surface area (Å²) in [5.41, 5.74) is 0. The van der Waals surface area contributed by atoms with E-state index in [1.54, 1.807) is 6.26 Å². The molecule has 1 unspecified atom stereocenters. The number of nitrogens with one attached hydrogen (secondary N) is 2. The van der Waals surface area contributed by atoms with Crippen molar-refractivity contribution in [2.45, 2.75) is 39.9 Å². The first-order valence-electron chi connectivity index (χ1n) is 10.1. The maximum atomic E-state index is 5.88. The minimum Gasteiger partial charge on any atom is -0.467 e. The predicted molar refractivity (Wildman–Crippen MR) is 108 cm³/mol. The summed E-state index contributed by atoms with van der Waals surface area (Å²) >= 11 is 0. The molecule has 0 aliphatic carbocycles. The molecule has 0 bridgehead atoms. The summed E-state index contributed by atoms with van der Waals surface area (Å²) in [5, 5.41) is 6.66. The van der Waals surface area contributed by atoms with Crippen molar-refractivity contribution in [3.8, 4) is 0 Å². The lowest BCUT2D eigenvalue weighted by atomic mass is 10.2. The van der Waals surface area contributed by atoms with Gasteiger partial charge < -0.3 is 24.5 Å². The predicted octanol–water partition coefficient (Wildman–Crippen LogP) is 2.10. The third kappa shape index (κ3) is 9.26. The number of rotatable bonds is 11. The highest BCUT2D eigenvalue weighted by Gasteiger charge is 2.20. The molecule has 154 valence electrons. The number of ether oxygens (including phenoxy) is 2. The number of hydrogen-bond donors (Lipinski definition) is 2. The van der Waals surface area contributed by atoms with Crippen LogP contribution < -0.4 is 10.6 Å². The van der Waals surface area contributed by atoms with Crippen LogP contribution in [-0.4, -0.2) is 69.4 Å². The van der Waals surface area contributed by atoms with Gasteiger partial charge in [0.1, 0.15) is 12.4 Å². The van der Waals surface area contributed by atoms with Gasteiger partial charge in [0.2, 0.25) is 0 Å². The Balaban J connectivity index is 1.64. The Kier molecular flexibility index (Phi) is 10.3. The van der Waals surface area contributed by atoms with E-state index in [0.717, 1.165) is 57.5 Å². The van der Waals surface area contributed by atoms with E-state index in [9.17, 15) is 0 Å². The van der Waals surface area contributed by atoms with Crippen molar-refractivity contribution in [1.29, 1.82) is 0 Å². The summed E-state index contributed by atoms with van der Waals surface area (Å²) in [6.45, 7) is 14.0. The molecule has 0 spiro atoms. The second-order valence-corrected chi connectivity index (χ2v) is 7.28. The van der Waals surface area contributed by atoms with Crippen LogP contribution >= 0.6 is 0 Å². The minimum absolute atomic E-state index is 0.171. The Morgan fingerprint density at radius 3 is 3.04 bits per heavy atom. The molecule has 1 aromatic rings. The highest BCUT2D eigenvalue weighted by atomic mass is 16.5. The average Bonchev–Trinajstić information content (AvgIpc) is 3.15. The first kappa shape index (κ1) is 21.7. The maximum Gasteiger partial charge on any atom is 0.191 e. The van der Waals surface area contributed by atoms with E-state index >= 15 is 0 Å². The highest BCUT2D eigenvalue weighted by molar-refractivity contribution is 5.79. The number of guanidine groups is 1. The molecule has 2 rings (SSSR count). The Morgan fingerprint density at radius 1 is 1.41 bits per heavy atom. The van der Waals surface area contributed by atoms with Crippen molar-refractivity contribution in [1.82, 2.24) is 15.5 Å². The molecule has 0 aromatic carbocycles. The molecule has 2 heterocycles. The highest BCUT2D eigenvalue weighted by Crippen LogP contribution is 2.08. The van der Waals surface area contributed by atoms with Crippen LogP contribution in [0.3, 0.4) is 0 Å². The monoisotopic (exact) mass is 380 g/mol. The molecule has 1 aromatic heterocycles. The number of nitrogens with zero attached hydrogens (tertiary/aromatic N) is 2. The van der Waals surface area contributed by atoms with Crippen LogP contribution in [0.1, 0.15) is 33.0 Å². The fourth-order valence-corrected chi connectivity index (χ4v) is 3.06. The zero-order chi connectivity index (χ0) is 19.3. The van der Waals surface area contributed by atoms with Gasteiger partial charge in [0, 0.05) is 39.3 Å². The molecule has 0 saturated carbocycles. The molecule has 0 amide bonds. The van der Waals surface area contributed by atoms with Crippen molar-refractivity contribution >= 4 is 5.96 Å². The van der Waals surface area contributed by atoms with E-state index in [1.165, 1.54) is 0 Å². The fraction of sp³-hybridized carbons (Fsp3) is 0.750. The summed E-state index contributed by atoms with van der Waals surface area (Å²) in [4.78, 5) is 7.17. The standard InChI is InChI=1S/C20H36N4O3/c1-4-21-20(22-8-6-10-25-16-18-7-5-11-26-18)23-13-19-15-24(9-12-27-19)14-17(2)3/h5,7,11,17,19H,4,6,8-10,12-16H2,1-3H3,(H2,21,22,23). The number of hydrogen-bond acceptors (Lipinski definition) is 5. The third-order valence-corrected chi connectivity index (χ3v) is 4.23. The van der Waals surface area contributed by atoms with Crippen molar-refractivity contribution in [2.75, 3.05) is 52.5 Å². The van der Waals surface area contributed by atoms with Gasteiger partial charge >= 0.3 is 0 Å². The Morgan fingerprint density at radius 2 is 2.30 bits per heavy atom. The van der Waals surface area contributed by atoms with Crippen LogP contribution in [0.2, 0.25) is 0 Å². The summed E-state index contributed by atoms with van der Waals surface area (Å²) < 4.78 is 16.7. The molecule has 1 atom stereocenters. The van der Waals surface area contributed by atoms with Gasteiger partial charge in [-0.2, -0.15) is 0 Å². The fourth-order valence-electron chi connectivity index (χ4n) is 3.06. The smallest absolute Gasteiger partial charge is 0.191 e. The summed E-state index contributed by atoms with van der Waals surface area (Å²) in [6.07, 6.45) is 2.75. The lowest BCUT2D eigenvalue weighted by molar-refractivity contribution is -0.0261. The molecule has 1 aliphatic heterocycles. The number of morpholine rings is 1. The Bertz CT molecular complexity index is 519. The van der Waals surface area contributed by atoms with Crippen molar-refractivity contribution in [2.24, 2.45) is 10.9 Å². The molecule has 7 nitrogen and oxygen atoms in total. The van der Waals surface area contributed by atoms with Crippen LogP contribution in [-0.2, 0) is 16.1 Å². The van der Waals surface area contributed by atoms with Gasteiger partial charge in [-0.25, -0.2) is 0 Å². The van der Waals surface area contributed by atoms with Crippen LogP contribution in [0.25, 0.3) is 0 Å². The van der Waals surface area contributed by atoms with Crippen LogP contribution in [0.15, 0.2) is 27.8 Å². The normalized spacial score (nSPS) is 18.8. The lowest BCUT2D eigenvalue weighted by Gasteiger charge is -2.33. The van der Waals surface area contributed by atoms with Gasteiger partial charge in [0.05, 0.1) is 25.5 Å². The SMILES string of the molecule is CCNC(=NCC1CN(CC(C)C)CCO1)NCCCOCc1ccco1. The average molecular weight is 381 g/mol. The van der Waals surface area contributed by atoms with E-state index < -0.39 is 0 Å². The van der Waals surface area contributed by atoms with Crippen LogP contribution in [0.4, 0.5) is 0 Å². The van der Waals surface area contributed by atoms with Gasteiger partial charge in [0.25, 0.3) is 0 Å². The van der Waals surface area contributed by atoms with Crippen molar-refractivity contribution in [3.05, 3.63) is 24.2 Å². The van der Waals surface area contributed by atoms with E-state index in [2.05, 4.69) is 36.3 Å². The van der Waals surface area contributed by atoms with E-state index in [1.807, 2.05) is 12.1 Å². The molecule has 1 saturated heterocycles. The Hall–Kier alpha value is -1.57. The van der Waals surface area contributed by atoms with Crippen LogP contribution in [0, 0.1) is 5.92 Å². The molecule has 0 radical (unpaired) electrons. The minimum atomic E-state index is 0.171. The number of furan rings is 1. The summed E-state index contributed by atoms with van der Waals surface area (Å²) in [5.74, 6) is 2.38. The van der Waals surface area contributed by atoms with E-state index in [-0.39, 0.29) is 6.10 Å². The van der Waals surface area contributed by atoms with E-state index in [4.69, 9.17) is 18.9 Å². The van der Waals surface area contributed by atoms with Gasteiger partial charge in [-0.1, -0.05) is 13.8 Å². The molecular weight excluding hydrogens is 344 g/mol. The van der Waals surface area contributed by atoms with Gasteiger partial charge in [-0.05, 0) is 31.4 Å². The van der Waals surface area contributed by atoms with E-state index in [0.29, 0.717) is 25.7 Å². The maximum absolute atomic E-state index is 5.88. The molecule has 27 heavy (non-hydrogen) atoms. The molecule has 7 heteroatoms. The summed E-state index contributed by atoms with van der Waals surface area (Å²) in [6, 6.07) is 3.79. The first-order chi connectivity index (χ1) is 13.2. The quantitative estimate of drug-likeness (QED) is 0.348. The molecule has 2 N–H and O–H groups in total.